The van der Waals surface area contributed by atoms with Gasteiger partial charge in [0, 0.05) is 24.9 Å². The average molecular weight is 465 g/mol. The highest BCUT2D eigenvalue weighted by molar-refractivity contribution is 5.94. The third-order valence-corrected chi connectivity index (χ3v) is 5.72. The lowest BCUT2D eigenvalue weighted by atomic mass is 9.99. The van der Waals surface area contributed by atoms with Gasteiger partial charge in [-0.15, -0.1) is 0 Å². The van der Waals surface area contributed by atoms with E-state index in [1.165, 1.54) is 17.4 Å². The minimum atomic E-state index is -1.18. The second-order valence-corrected chi connectivity index (χ2v) is 9.34. The van der Waals surface area contributed by atoms with E-state index in [2.05, 4.69) is 20.6 Å². The minimum Gasteiger partial charge on any atom is -0.480 e. The van der Waals surface area contributed by atoms with E-state index in [1.807, 2.05) is 27.7 Å². The Balaban J connectivity index is 2.08. The van der Waals surface area contributed by atoms with E-state index in [0.29, 0.717) is 31.5 Å². The maximum Gasteiger partial charge on any atom is 0.326 e. The average Bonchev–Trinajstić information content (AvgIpc) is 3.41. The highest BCUT2D eigenvalue weighted by Crippen LogP contribution is 2.21. The summed E-state index contributed by atoms with van der Waals surface area (Å²) < 4.78 is 0. The molecule has 4 unspecified atom stereocenters. The summed E-state index contributed by atoms with van der Waals surface area (Å²) in [5.41, 5.74) is 6.54. The first-order valence-corrected chi connectivity index (χ1v) is 11.4. The third-order valence-electron chi connectivity index (χ3n) is 5.72. The highest BCUT2D eigenvalue weighted by Gasteiger charge is 2.40. The number of nitrogens with zero attached hydrogens (tertiary/aromatic N) is 2. The molecule has 0 saturated carbocycles. The molecule has 1 fully saturated rings. The van der Waals surface area contributed by atoms with Crippen LogP contribution in [0.5, 0.6) is 0 Å². The number of carbonyl (C=O) groups is 4. The molecule has 33 heavy (non-hydrogen) atoms. The van der Waals surface area contributed by atoms with Gasteiger partial charge in [0.25, 0.3) is 0 Å². The first kappa shape index (κ1) is 26.3. The molecule has 6 N–H and O–H groups in total. The number of nitrogens with one attached hydrogen (secondary N) is 3. The van der Waals surface area contributed by atoms with Gasteiger partial charge in [0.1, 0.15) is 18.1 Å². The van der Waals surface area contributed by atoms with Gasteiger partial charge in [0.15, 0.2) is 0 Å². The van der Waals surface area contributed by atoms with Crippen LogP contribution in [0.25, 0.3) is 0 Å². The fraction of sp³-hybridized carbons (Fsp3) is 0.682. The molecule has 1 aromatic rings. The van der Waals surface area contributed by atoms with Gasteiger partial charge in [-0.2, -0.15) is 0 Å². The van der Waals surface area contributed by atoms with Crippen molar-refractivity contribution < 1.29 is 24.3 Å². The van der Waals surface area contributed by atoms with Crippen LogP contribution < -0.4 is 16.4 Å². The van der Waals surface area contributed by atoms with Gasteiger partial charge in [-0.25, -0.2) is 9.78 Å². The number of hydrogen-bond donors (Lipinski definition) is 5. The van der Waals surface area contributed by atoms with Crippen LogP contribution in [-0.2, 0) is 25.6 Å². The molecule has 1 aromatic heterocycles. The standard InChI is InChI=1S/C22H36N6O5/c1-12(2)8-15(23)19(29)27-18(13(3)4)21(31)28-7-5-6-17(28)20(30)26-16(22(32)33)9-14-10-24-11-25-14/h10-13,15-18H,5-9,23H2,1-4H3,(H,24,25)(H,26,30)(H,27,29)(H,32,33). The van der Waals surface area contributed by atoms with Crippen LogP contribution in [0.15, 0.2) is 12.5 Å². The molecular formula is C22H36N6O5. The smallest absolute Gasteiger partial charge is 0.326 e. The zero-order chi connectivity index (χ0) is 24.7. The fourth-order valence-electron chi connectivity index (χ4n) is 3.95. The zero-order valence-electron chi connectivity index (χ0n) is 19.7. The van der Waals surface area contributed by atoms with Gasteiger partial charge in [-0.1, -0.05) is 27.7 Å². The number of aromatic nitrogens is 2. The molecule has 11 heteroatoms. The van der Waals surface area contributed by atoms with Crippen molar-refractivity contribution >= 4 is 23.7 Å². The van der Waals surface area contributed by atoms with Gasteiger partial charge in [-0.05, 0) is 31.1 Å². The van der Waals surface area contributed by atoms with Crippen LogP contribution in [-0.4, -0.2) is 74.4 Å². The molecule has 2 rings (SSSR count). The van der Waals surface area contributed by atoms with Crippen LogP contribution in [0.1, 0.15) is 52.7 Å². The Bertz CT molecular complexity index is 825. The summed E-state index contributed by atoms with van der Waals surface area (Å²) in [6.07, 6.45) is 4.48. The molecule has 1 aliphatic rings. The lowest BCUT2D eigenvalue weighted by Gasteiger charge is -2.31. The second kappa shape index (κ2) is 11.8. The molecule has 184 valence electrons. The number of likely N-dealkylation sites (tertiary alicyclic amines) is 1. The quantitative estimate of drug-likeness (QED) is 0.307. The van der Waals surface area contributed by atoms with E-state index in [9.17, 15) is 24.3 Å². The number of hydrogen-bond acceptors (Lipinski definition) is 6. The number of aromatic amines is 1. The normalized spacial score (nSPS) is 18.8. The van der Waals surface area contributed by atoms with Crippen molar-refractivity contribution in [3.8, 4) is 0 Å². The molecule has 1 aliphatic heterocycles. The number of amides is 3. The maximum atomic E-state index is 13.3. The number of carboxylic acid groups (broad SMARTS) is 1. The Morgan fingerprint density at radius 3 is 2.48 bits per heavy atom. The summed E-state index contributed by atoms with van der Waals surface area (Å²) in [4.78, 5) is 58.6. The van der Waals surface area contributed by atoms with Crippen molar-refractivity contribution in [2.45, 2.75) is 77.5 Å². The SMILES string of the molecule is CC(C)CC(N)C(=O)NC(C(=O)N1CCCC1C(=O)NC(Cc1cnc[nH]1)C(=O)O)C(C)C. The number of aliphatic carboxylic acids is 1. The Hall–Kier alpha value is -2.95. The highest BCUT2D eigenvalue weighted by atomic mass is 16.4. The van der Waals surface area contributed by atoms with E-state index < -0.39 is 42.0 Å². The Labute approximate surface area is 193 Å². The maximum absolute atomic E-state index is 13.3. The molecule has 2 heterocycles. The van der Waals surface area contributed by atoms with Crippen molar-refractivity contribution in [2.24, 2.45) is 17.6 Å². The molecule has 0 radical (unpaired) electrons. The monoisotopic (exact) mass is 464 g/mol. The molecule has 4 atom stereocenters. The minimum absolute atomic E-state index is 0.0418. The summed E-state index contributed by atoms with van der Waals surface area (Å²) in [6.45, 7) is 7.90. The zero-order valence-corrected chi connectivity index (χ0v) is 19.7. The van der Waals surface area contributed by atoms with E-state index in [4.69, 9.17) is 5.73 Å². The van der Waals surface area contributed by atoms with Gasteiger partial charge < -0.3 is 31.4 Å². The van der Waals surface area contributed by atoms with Crippen LogP contribution in [0.4, 0.5) is 0 Å². The Morgan fingerprint density at radius 2 is 1.94 bits per heavy atom. The van der Waals surface area contributed by atoms with Crippen molar-refractivity contribution in [1.82, 2.24) is 25.5 Å². The Kier molecular flexibility index (Phi) is 9.39. The predicted octanol–water partition coefficient (Wildman–Crippen LogP) is 0.0268. The van der Waals surface area contributed by atoms with E-state index in [0.717, 1.165) is 0 Å². The van der Waals surface area contributed by atoms with Gasteiger partial charge in [-0.3, -0.25) is 14.4 Å². The molecule has 11 nitrogen and oxygen atoms in total. The molecule has 0 aromatic carbocycles. The summed E-state index contributed by atoms with van der Waals surface area (Å²) >= 11 is 0. The van der Waals surface area contributed by atoms with Crippen molar-refractivity contribution in [3.63, 3.8) is 0 Å². The van der Waals surface area contributed by atoms with Crippen LogP contribution in [0.3, 0.4) is 0 Å². The van der Waals surface area contributed by atoms with E-state index in [-0.39, 0.29) is 24.2 Å². The van der Waals surface area contributed by atoms with Crippen LogP contribution in [0, 0.1) is 11.8 Å². The number of carboxylic acids is 1. The second-order valence-electron chi connectivity index (χ2n) is 9.34. The summed E-state index contributed by atoms with van der Waals surface area (Å²) in [5, 5.41) is 14.8. The number of imidazole rings is 1. The fourth-order valence-corrected chi connectivity index (χ4v) is 3.95. The number of nitrogens with two attached hydrogens (primary N) is 1. The third kappa shape index (κ3) is 7.28. The van der Waals surface area contributed by atoms with Gasteiger partial charge in [0.05, 0.1) is 12.4 Å². The first-order valence-electron chi connectivity index (χ1n) is 11.4. The van der Waals surface area contributed by atoms with Gasteiger partial charge in [0.2, 0.25) is 17.7 Å². The summed E-state index contributed by atoms with van der Waals surface area (Å²) in [6, 6.07) is -3.52. The molecule has 3 amide bonds. The number of rotatable bonds is 11. The molecule has 0 bridgehead atoms. The number of carbonyl (C=O) groups excluding carboxylic acids is 3. The predicted molar refractivity (Wildman–Crippen MR) is 121 cm³/mol. The van der Waals surface area contributed by atoms with Crippen molar-refractivity contribution in [3.05, 3.63) is 18.2 Å². The van der Waals surface area contributed by atoms with Crippen LogP contribution in [0.2, 0.25) is 0 Å². The van der Waals surface area contributed by atoms with Gasteiger partial charge >= 0.3 is 5.97 Å². The Morgan fingerprint density at radius 1 is 1.24 bits per heavy atom. The molecular weight excluding hydrogens is 428 g/mol. The lowest BCUT2D eigenvalue weighted by molar-refractivity contribution is -0.145. The summed E-state index contributed by atoms with van der Waals surface area (Å²) in [5.74, 6) is -2.47. The molecule has 1 saturated heterocycles. The molecule has 0 aliphatic carbocycles. The van der Waals surface area contributed by atoms with Crippen molar-refractivity contribution in [2.75, 3.05) is 6.54 Å². The lowest BCUT2D eigenvalue weighted by Crippen LogP contribution is -2.58. The summed E-state index contributed by atoms with van der Waals surface area (Å²) in [7, 11) is 0. The van der Waals surface area contributed by atoms with Crippen molar-refractivity contribution in [1.29, 1.82) is 0 Å². The topological polar surface area (TPSA) is 171 Å². The van der Waals surface area contributed by atoms with E-state index in [1.54, 1.807) is 0 Å². The molecule has 0 spiro atoms. The number of H-pyrrole nitrogens is 1. The van der Waals surface area contributed by atoms with E-state index >= 15 is 0 Å². The largest absolute Gasteiger partial charge is 0.480 e. The first-order chi connectivity index (χ1) is 15.5. The van der Waals surface area contributed by atoms with Crippen LogP contribution >= 0.6 is 0 Å².